The molecule has 2 heterocycles. The lowest BCUT2D eigenvalue weighted by Crippen LogP contribution is -2.41. The summed E-state index contributed by atoms with van der Waals surface area (Å²) >= 11 is 0. The Kier molecular flexibility index (Phi) is 3.31. The maximum absolute atomic E-state index is 12.1. The van der Waals surface area contributed by atoms with Gasteiger partial charge in [0.1, 0.15) is 0 Å². The van der Waals surface area contributed by atoms with Gasteiger partial charge in [-0.05, 0) is 44.0 Å². The van der Waals surface area contributed by atoms with Crippen molar-refractivity contribution in [3.63, 3.8) is 0 Å². The third kappa shape index (κ3) is 2.46. The summed E-state index contributed by atoms with van der Waals surface area (Å²) in [5.41, 5.74) is 2.28. The quantitative estimate of drug-likeness (QED) is 0.667. The van der Waals surface area contributed by atoms with Gasteiger partial charge in [0.15, 0.2) is 0 Å². The summed E-state index contributed by atoms with van der Waals surface area (Å²) in [5.74, 6) is 0.0395. The van der Waals surface area contributed by atoms with Crippen LogP contribution in [0.1, 0.15) is 31.4 Å². The van der Waals surface area contributed by atoms with Gasteiger partial charge >= 0.3 is 5.69 Å². The van der Waals surface area contributed by atoms with Crippen molar-refractivity contribution in [1.82, 2.24) is 20.6 Å². The first-order valence-electron chi connectivity index (χ1n) is 6.89. The van der Waals surface area contributed by atoms with E-state index in [1.54, 1.807) is 0 Å². The highest BCUT2D eigenvalue weighted by Crippen LogP contribution is 2.17. The fourth-order valence-corrected chi connectivity index (χ4v) is 2.63. The molecular formula is C14H18N4O2. The number of hydrogen-bond donors (Lipinski definition) is 4. The molecule has 1 aliphatic heterocycles. The van der Waals surface area contributed by atoms with Crippen LogP contribution >= 0.6 is 0 Å². The van der Waals surface area contributed by atoms with E-state index >= 15 is 0 Å². The largest absolute Gasteiger partial charge is 0.348 e. The minimum atomic E-state index is -0.219. The molecule has 1 aromatic heterocycles. The third-order valence-electron chi connectivity index (χ3n) is 3.78. The number of nitrogens with one attached hydrogen (secondary N) is 4. The highest BCUT2D eigenvalue weighted by Gasteiger charge is 2.23. The summed E-state index contributed by atoms with van der Waals surface area (Å²) in [6.07, 6.45) is 1.94. The molecule has 2 aromatic rings. The number of aromatic amines is 2. The van der Waals surface area contributed by atoms with Gasteiger partial charge < -0.3 is 20.6 Å². The number of hydrogen-bond acceptors (Lipinski definition) is 3. The summed E-state index contributed by atoms with van der Waals surface area (Å²) < 4.78 is 0. The number of H-pyrrole nitrogens is 2. The van der Waals surface area contributed by atoms with E-state index in [4.69, 9.17) is 0 Å². The van der Waals surface area contributed by atoms with E-state index in [0.29, 0.717) is 0 Å². The summed E-state index contributed by atoms with van der Waals surface area (Å²) in [6, 6.07) is 5.49. The number of fused-ring (bicyclic) bond motifs is 1. The number of aromatic nitrogens is 2. The summed E-state index contributed by atoms with van der Waals surface area (Å²) in [7, 11) is 0. The highest BCUT2D eigenvalue weighted by molar-refractivity contribution is 5.82. The monoisotopic (exact) mass is 274 g/mol. The van der Waals surface area contributed by atoms with Crippen LogP contribution in [-0.4, -0.2) is 28.5 Å². The normalized spacial score (nSPS) is 20.1. The molecule has 1 aliphatic rings. The van der Waals surface area contributed by atoms with Crippen molar-refractivity contribution >= 4 is 16.9 Å². The topological polar surface area (TPSA) is 89.8 Å². The number of benzene rings is 1. The molecule has 0 saturated carbocycles. The van der Waals surface area contributed by atoms with Gasteiger partial charge in [-0.2, -0.15) is 0 Å². The van der Waals surface area contributed by atoms with Crippen molar-refractivity contribution in [1.29, 1.82) is 0 Å². The van der Waals surface area contributed by atoms with Crippen molar-refractivity contribution in [2.75, 3.05) is 6.54 Å². The second kappa shape index (κ2) is 5.13. The Bertz CT molecular complexity index is 682. The van der Waals surface area contributed by atoms with Crippen LogP contribution in [0.25, 0.3) is 11.0 Å². The average molecular weight is 274 g/mol. The first kappa shape index (κ1) is 12.9. The fraction of sp³-hybridized carbons (Fsp3) is 0.429. The minimum Gasteiger partial charge on any atom is -0.348 e. The average Bonchev–Trinajstić information content (AvgIpc) is 3.05. The lowest BCUT2D eigenvalue weighted by Gasteiger charge is -2.17. The van der Waals surface area contributed by atoms with E-state index in [9.17, 15) is 9.59 Å². The van der Waals surface area contributed by atoms with Crippen LogP contribution in [0.15, 0.2) is 23.0 Å². The molecule has 2 atom stereocenters. The second-order valence-electron chi connectivity index (χ2n) is 5.26. The molecule has 1 saturated heterocycles. The summed E-state index contributed by atoms with van der Waals surface area (Å²) in [6.45, 7) is 2.85. The van der Waals surface area contributed by atoms with Gasteiger partial charge in [-0.1, -0.05) is 6.07 Å². The second-order valence-corrected chi connectivity index (χ2v) is 5.26. The SMILES string of the molecule is CC(NC(=O)[C@@H]1CCCN1)c1ccc2[nH]c(=O)[nH]c2c1. The van der Waals surface area contributed by atoms with Gasteiger partial charge in [0.05, 0.1) is 23.1 Å². The zero-order chi connectivity index (χ0) is 14.1. The maximum Gasteiger partial charge on any atom is 0.323 e. The molecule has 20 heavy (non-hydrogen) atoms. The molecule has 0 radical (unpaired) electrons. The van der Waals surface area contributed by atoms with Crippen LogP contribution in [0.5, 0.6) is 0 Å². The van der Waals surface area contributed by atoms with E-state index in [2.05, 4.69) is 20.6 Å². The molecule has 1 aromatic carbocycles. The predicted octanol–water partition coefficient (Wildman–Crippen LogP) is 0.785. The molecule has 106 valence electrons. The van der Waals surface area contributed by atoms with Gasteiger partial charge in [0, 0.05) is 0 Å². The van der Waals surface area contributed by atoms with Gasteiger partial charge in [0.2, 0.25) is 5.91 Å². The molecule has 1 unspecified atom stereocenters. The van der Waals surface area contributed by atoms with Crippen LogP contribution in [0, 0.1) is 0 Å². The van der Waals surface area contributed by atoms with Crippen molar-refractivity contribution in [2.45, 2.75) is 31.8 Å². The third-order valence-corrected chi connectivity index (χ3v) is 3.78. The number of rotatable bonds is 3. The first-order valence-corrected chi connectivity index (χ1v) is 6.89. The van der Waals surface area contributed by atoms with Crippen molar-refractivity contribution in [3.05, 3.63) is 34.2 Å². The summed E-state index contributed by atoms with van der Waals surface area (Å²) in [4.78, 5) is 28.7. The lowest BCUT2D eigenvalue weighted by atomic mass is 10.1. The Morgan fingerprint density at radius 3 is 2.90 bits per heavy atom. The zero-order valence-electron chi connectivity index (χ0n) is 11.3. The van der Waals surface area contributed by atoms with Crippen LogP contribution < -0.4 is 16.3 Å². The van der Waals surface area contributed by atoms with Gasteiger partial charge in [-0.25, -0.2) is 4.79 Å². The molecule has 6 nitrogen and oxygen atoms in total. The highest BCUT2D eigenvalue weighted by atomic mass is 16.2. The summed E-state index contributed by atoms with van der Waals surface area (Å²) in [5, 5.41) is 6.19. The van der Waals surface area contributed by atoms with E-state index in [-0.39, 0.29) is 23.7 Å². The number of amides is 1. The smallest absolute Gasteiger partial charge is 0.323 e. The molecule has 4 N–H and O–H groups in total. The van der Waals surface area contributed by atoms with Crippen LogP contribution in [-0.2, 0) is 4.79 Å². The Morgan fingerprint density at radius 2 is 2.15 bits per heavy atom. The van der Waals surface area contributed by atoms with Crippen LogP contribution in [0.2, 0.25) is 0 Å². The van der Waals surface area contributed by atoms with Crippen molar-refractivity contribution in [2.24, 2.45) is 0 Å². The van der Waals surface area contributed by atoms with Crippen molar-refractivity contribution in [3.8, 4) is 0 Å². The van der Waals surface area contributed by atoms with E-state index < -0.39 is 0 Å². The van der Waals surface area contributed by atoms with Gasteiger partial charge in [0.25, 0.3) is 0 Å². The molecule has 6 heteroatoms. The molecule has 0 aliphatic carbocycles. The van der Waals surface area contributed by atoms with Crippen molar-refractivity contribution < 1.29 is 4.79 Å². The Labute approximate surface area is 116 Å². The predicted molar refractivity (Wildman–Crippen MR) is 76.5 cm³/mol. The number of carbonyl (C=O) groups excluding carboxylic acids is 1. The zero-order valence-corrected chi connectivity index (χ0v) is 11.3. The van der Waals surface area contributed by atoms with Crippen LogP contribution in [0.3, 0.4) is 0 Å². The Balaban J connectivity index is 1.75. The Hall–Kier alpha value is -2.08. The fourth-order valence-electron chi connectivity index (χ4n) is 2.63. The first-order chi connectivity index (χ1) is 9.63. The van der Waals surface area contributed by atoms with Crippen LogP contribution in [0.4, 0.5) is 0 Å². The molecule has 1 amide bonds. The molecule has 3 rings (SSSR count). The molecule has 1 fully saturated rings. The Morgan fingerprint density at radius 1 is 1.35 bits per heavy atom. The van der Waals surface area contributed by atoms with E-state index in [0.717, 1.165) is 36.0 Å². The lowest BCUT2D eigenvalue weighted by molar-refractivity contribution is -0.123. The van der Waals surface area contributed by atoms with E-state index in [1.165, 1.54) is 0 Å². The minimum absolute atomic E-state index is 0.0395. The molecular weight excluding hydrogens is 256 g/mol. The van der Waals surface area contributed by atoms with E-state index in [1.807, 2.05) is 25.1 Å². The molecule has 0 spiro atoms. The number of imidazole rings is 1. The van der Waals surface area contributed by atoms with Gasteiger partial charge in [-0.3, -0.25) is 4.79 Å². The molecule has 0 bridgehead atoms. The maximum atomic E-state index is 12.1. The van der Waals surface area contributed by atoms with Gasteiger partial charge in [-0.15, -0.1) is 0 Å². The standard InChI is InChI=1S/C14H18N4O2/c1-8(16-13(19)11-3-2-6-15-11)9-4-5-10-12(7-9)18-14(20)17-10/h4-5,7-8,11,15H,2-3,6H2,1H3,(H,16,19)(H2,17,18,20)/t8?,11-/m0/s1. The number of carbonyl (C=O) groups is 1.